The number of halogens is 1. The van der Waals surface area contributed by atoms with E-state index in [9.17, 15) is 4.39 Å². The standard InChI is InChI=1S/C15H13FN2O/c16-14-7-11(8-17)4-5-15(14)18-9-12-2-1-3-13(6-12)10-19/h1-7,18-19H,9-10H2. The molecule has 0 aliphatic carbocycles. The maximum Gasteiger partial charge on any atom is 0.147 e. The van der Waals surface area contributed by atoms with Gasteiger partial charge in [-0.2, -0.15) is 5.26 Å². The van der Waals surface area contributed by atoms with Crippen molar-refractivity contribution >= 4 is 5.69 Å². The van der Waals surface area contributed by atoms with Gasteiger partial charge >= 0.3 is 0 Å². The Morgan fingerprint density at radius 2 is 1.95 bits per heavy atom. The molecule has 0 unspecified atom stereocenters. The lowest BCUT2D eigenvalue weighted by Gasteiger charge is -2.08. The summed E-state index contributed by atoms with van der Waals surface area (Å²) in [6.45, 7) is 0.440. The van der Waals surface area contributed by atoms with Crippen molar-refractivity contribution in [2.75, 3.05) is 5.32 Å². The van der Waals surface area contributed by atoms with Crippen LogP contribution in [-0.4, -0.2) is 5.11 Å². The normalized spacial score (nSPS) is 9.95. The van der Waals surface area contributed by atoms with Crippen molar-refractivity contribution in [3.8, 4) is 6.07 Å². The van der Waals surface area contributed by atoms with E-state index in [1.807, 2.05) is 30.3 Å². The number of nitriles is 1. The highest BCUT2D eigenvalue weighted by atomic mass is 19.1. The van der Waals surface area contributed by atoms with Gasteiger partial charge in [0.1, 0.15) is 5.82 Å². The third-order valence-electron chi connectivity index (χ3n) is 2.76. The van der Waals surface area contributed by atoms with E-state index >= 15 is 0 Å². The Bertz CT molecular complexity index is 620. The Hall–Kier alpha value is -2.38. The molecule has 0 saturated carbocycles. The van der Waals surface area contributed by atoms with Gasteiger partial charge in [-0.15, -0.1) is 0 Å². The first kappa shape index (κ1) is 13.1. The summed E-state index contributed by atoms with van der Waals surface area (Å²) in [4.78, 5) is 0. The molecule has 0 aromatic heterocycles. The number of hydrogen-bond donors (Lipinski definition) is 2. The minimum absolute atomic E-state index is 0.0148. The van der Waals surface area contributed by atoms with Crippen LogP contribution >= 0.6 is 0 Å². The summed E-state index contributed by atoms with van der Waals surface area (Å²) < 4.78 is 13.6. The van der Waals surface area contributed by atoms with E-state index in [0.29, 0.717) is 17.8 Å². The molecule has 0 spiro atoms. The van der Waals surface area contributed by atoms with Crippen LogP contribution < -0.4 is 5.32 Å². The summed E-state index contributed by atoms with van der Waals surface area (Å²) in [6, 6.07) is 13.6. The maximum absolute atomic E-state index is 13.6. The van der Waals surface area contributed by atoms with Crippen LogP contribution in [0.25, 0.3) is 0 Å². The van der Waals surface area contributed by atoms with Crippen molar-refractivity contribution in [2.24, 2.45) is 0 Å². The lowest BCUT2D eigenvalue weighted by molar-refractivity contribution is 0.281. The maximum atomic E-state index is 13.6. The third-order valence-corrected chi connectivity index (χ3v) is 2.76. The van der Waals surface area contributed by atoms with Gasteiger partial charge in [0, 0.05) is 6.54 Å². The number of aliphatic hydroxyl groups is 1. The molecule has 2 aromatic carbocycles. The SMILES string of the molecule is N#Cc1ccc(NCc2cccc(CO)c2)c(F)c1. The zero-order chi connectivity index (χ0) is 13.7. The molecule has 0 radical (unpaired) electrons. The van der Waals surface area contributed by atoms with Crippen molar-refractivity contribution in [3.63, 3.8) is 0 Å². The fourth-order valence-corrected chi connectivity index (χ4v) is 1.76. The summed E-state index contributed by atoms with van der Waals surface area (Å²) in [5.41, 5.74) is 2.42. The number of aliphatic hydroxyl groups excluding tert-OH is 1. The van der Waals surface area contributed by atoms with Gasteiger partial charge in [0.25, 0.3) is 0 Å². The third kappa shape index (κ3) is 3.30. The summed E-state index contributed by atoms with van der Waals surface area (Å²) in [5.74, 6) is -0.447. The van der Waals surface area contributed by atoms with Crippen molar-refractivity contribution in [1.82, 2.24) is 0 Å². The zero-order valence-corrected chi connectivity index (χ0v) is 10.2. The first-order chi connectivity index (χ1) is 9.22. The topological polar surface area (TPSA) is 56.0 Å². The number of benzene rings is 2. The highest BCUT2D eigenvalue weighted by Gasteiger charge is 2.03. The van der Waals surface area contributed by atoms with Gasteiger partial charge in [-0.3, -0.25) is 0 Å². The van der Waals surface area contributed by atoms with Crippen LogP contribution in [0, 0.1) is 17.1 Å². The first-order valence-electron chi connectivity index (χ1n) is 5.85. The van der Waals surface area contributed by atoms with E-state index in [4.69, 9.17) is 10.4 Å². The molecule has 3 nitrogen and oxygen atoms in total. The van der Waals surface area contributed by atoms with Gasteiger partial charge in [-0.05, 0) is 29.3 Å². The molecule has 96 valence electrons. The highest BCUT2D eigenvalue weighted by molar-refractivity contribution is 5.49. The minimum Gasteiger partial charge on any atom is -0.392 e. The molecule has 0 bridgehead atoms. The molecule has 0 saturated heterocycles. The predicted octanol–water partition coefficient (Wildman–Crippen LogP) is 2.80. The van der Waals surface area contributed by atoms with Gasteiger partial charge in [-0.25, -0.2) is 4.39 Å². The van der Waals surface area contributed by atoms with Gasteiger partial charge in [-0.1, -0.05) is 24.3 Å². The van der Waals surface area contributed by atoms with Crippen LogP contribution in [0.15, 0.2) is 42.5 Å². The van der Waals surface area contributed by atoms with E-state index in [2.05, 4.69) is 5.32 Å². The smallest absolute Gasteiger partial charge is 0.147 e. The van der Waals surface area contributed by atoms with Crippen LogP contribution in [0.4, 0.5) is 10.1 Å². The Balaban J connectivity index is 2.08. The molecule has 4 heteroatoms. The Morgan fingerprint density at radius 1 is 1.16 bits per heavy atom. The van der Waals surface area contributed by atoms with Crippen LogP contribution in [0.5, 0.6) is 0 Å². The molecular weight excluding hydrogens is 243 g/mol. The van der Waals surface area contributed by atoms with E-state index in [1.54, 1.807) is 12.1 Å². The number of nitrogens with one attached hydrogen (secondary N) is 1. The van der Waals surface area contributed by atoms with Crippen molar-refractivity contribution in [1.29, 1.82) is 5.26 Å². The fraction of sp³-hybridized carbons (Fsp3) is 0.133. The quantitative estimate of drug-likeness (QED) is 0.884. The average Bonchev–Trinajstić information content (AvgIpc) is 2.46. The molecule has 0 heterocycles. The van der Waals surface area contributed by atoms with Crippen molar-refractivity contribution in [3.05, 3.63) is 65.0 Å². The van der Waals surface area contributed by atoms with Gasteiger partial charge < -0.3 is 10.4 Å². The monoisotopic (exact) mass is 256 g/mol. The van der Waals surface area contributed by atoms with E-state index in [-0.39, 0.29) is 6.61 Å². The lowest BCUT2D eigenvalue weighted by Crippen LogP contribution is -2.02. The number of anilines is 1. The number of hydrogen-bond acceptors (Lipinski definition) is 3. The van der Waals surface area contributed by atoms with Crippen molar-refractivity contribution < 1.29 is 9.50 Å². The highest BCUT2D eigenvalue weighted by Crippen LogP contribution is 2.16. The second kappa shape index (κ2) is 5.98. The summed E-state index contributed by atoms with van der Waals surface area (Å²) in [7, 11) is 0. The molecule has 0 aliphatic rings. The van der Waals surface area contributed by atoms with Gasteiger partial charge in [0.15, 0.2) is 0 Å². The van der Waals surface area contributed by atoms with Crippen LogP contribution in [-0.2, 0) is 13.2 Å². The molecule has 0 aliphatic heterocycles. The molecule has 19 heavy (non-hydrogen) atoms. The summed E-state index contributed by atoms with van der Waals surface area (Å²) in [5, 5.41) is 20.7. The lowest BCUT2D eigenvalue weighted by atomic mass is 10.1. The van der Waals surface area contributed by atoms with Crippen LogP contribution in [0.2, 0.25) is 0 Å². The minimum atomic E-state index is -0.447. The first-order valence-corrected chi connectivity index (χ1v) is 5.85. The molecule has 2 rings (SSSR count). The van der Waals surface area contributed by atoms with E-state index in [1.165, 1.54) is 6.07 Å². The van der Waals surface area contributed by atoms with Crippen molar-refractivity contribution in [2.45, 2.75) is 13.2 Å². The Labute approximate surface area is 110 Å². The number of nitrogens with zero attached hydrogens (tertiary/aromatic N) is 1. The van der Waals surface area contributed by atoms with E-state index in [0.717, 1.165) is 11.1 Å². The predicted molar refractivity (Wildman–Crippen MR) is 70.8 cm³/mol. The second-order valence-electron chi connectivity index (χ2n) is 4.14. The molecule has 0 amide bonds. The van der Waals surface area contributed by atoms with Crippen LogP contribution in [0.1, 0.15) is 16.7 Å². The molecular formula is C15H13FN2O. The van der Waals surface area contributed by atoms with Gasteiger partial charge in [0.05, 0.1) is 23.9 Å². The van der Waals surface area contributed by atoms with Crippen LogP contribution in [0.3, 0.4) is 0 Å². The summed E-state index contributed by atoms with van der Waals surface area (Å²) in [6.07, 6.45) is 0. The number of rotatable bonds is 4. The molecule has 2 aromatic rings. The second-order valence-corrected chi connectivity index (χ2v) is 4.14. The molecule has 0 fully saturated rings. The van der Waals surface area contributed by atoms with Gasteiger partial charge in [0.2, 0.25) is 0 Å². The largest absolute Gasteiger partial charge is 0.392 e. The fourth-order valence-electron chi connectivity index (χ4n) is 1.76. The Morgan fingerprint density at radius 3 is 2.63 bits per heavy atom. The summed E-state index contributed by atoms with van der Waals surface area (Å²) >= 11 is 0. The zero-order valence-electron chi connectivity index (χ0n) is 10.2. The average molecular weight is 256 g/mol. The van der Waals surface area contributed by atoms with E-state index < -0.39 is 5.82 Å². The molecule has 0 atom stereocenters. The molecule has 2 N–H and O–H groups in total. The Kier molecular flexibility index (Phi) is 4.11.